The molecule has 1 aromatic heterocycles. The van der Waals surface area contributed by atoms with Gasteiger partial charge in [-0.2, -0.15) is 0 Å². The number of ether oxygens (including phenoxy) is 1. The van der Waals surface area contributed by atoms with Gasteiger partial charge in [0.15, 0.2) is 5.75 Å². The van der Waals surface area contributed by atoms with Gasteiger partial charge in [0.05, 0.1) is 17.1 Å². The highest BCUT2D eigenvalue weighted by Crippen LogP contribution is 2.35. The Labute approximate surface area is 125 Å². The highest BCUT2D eigenvalue weighted by Gasteiger charge is 2.12. The third-order valence-electron chi connectivity index (χ3n) is 2.67. The molecule has 2 aromatic rings. The highest BCUT2D eigenvalue weighted by molar-refractivity contribution is 9.10. The van der Waals surface area contributed by atoms with E-state index in [1.165, 1.54) is 6.20 Å². The second kappa shape index (κ2) is 6.67. The molecule has 5 nitrogen and oxygen atoms in total. The molecule has 0 aliphatic heterocycles. The summed E-state index contributed by atoms with van der Waals surface area (Å²) < 4.78 is 5.87. The summed E-state index contributed by atoms with van der Waals surface area (Å²) >= 11 is 3.36. The molecule has 0 bridgehead atoms. The summed E-state index contributed by atoms with van der Waals surface area (Å²) in [5, 5.41) is 13.4. The number of aromatic hydroxyl groups is 1. The smallest absolute Gasteiger partial charge is 0.250 e. The SMILES string of the molecule is CCCOCC(=O)Nc1cnc2cccc(Br)c2c1O. The number of carbonyl (C=O) groups is 1. The van der Waals surface area contributed by atoms with E-state index in [9.17, 15) is 9.90 Å². The van der Waals surface area contributed by atoms with Crippen LogP contribution in [0.3, 0.4) is 0 Å². The molecule has 20 heavy (non-hydrogen) atoms. The number of hydrogen-bond donors (Lipinski definition) is 2. The molecular weight excluding hydrogens is 324 g/mol. The van der Waals surface area contributed by atoms with Crippen molar-refractivity contribution in [2.75, 3.05) is 18.5 Å². The van der Waals surface area contributed by atoms with E-state index in [1.807, 2.05) is 13.0 Å². The first-order valence-electron chi connectivity index (χ1n) is 6.27. The lowest BCUT2D eigenvalue weighted by Gasteiger charge is -2.10. The van der Waals surface area contributed by atoms with Gasteiger partial charge >= 0.3 is 0 Å². The molecular formula is C14H15BrN2O3. The summed E-state index contributed by atoms with van der Waals surface area (Å²) in [5.41, 5.74) is 0.923. The largest absolute Gasteiger partial charge is 0.505 e. The van der Waals surface area contributed by atoms with Crippen molar-refractivity contribution in [2.45, 2.75) is 13.3 Å². The molecule has 0 atom stereocenters. The van der Waals surface area contributed by atoms with Crippen molar-refractivity contribution in [1.82, 2.24) is 4.98 Å². The zero-order valence-corrected chi connectivity index (χ0v) is 12.6. The topological polar surface area (TPSA) is 71.5 Å². The lowest BCUT2D eigenvalue weighted by Crippen LogP contribution is -2.18. The zero-order chi connectivity index (χ0) is 14.5. The van der Waals surface area contributed by atoms with Gasteiger partial charge in [-0.15, -0.1) is 0 Å². The molecule has 1 amide bonds. The monoisotopic (exact) mass is 338 g/mol. The van der Waals surface area contributed by atoms with Crippen LogP contribution in [0.2, 0.25) is 0 Å². The fourth-order valence-electron chi connectivity index (χ4n) is 1.77. The van der Waals surface area contributed by atoms with E-state index in [0.717, 1.165) is 10.9 Å². The number of rotatable bonds is 5. The Kier molecular flexibility index (Phi) is 4.92. The Balaban J connectivity index is 2.21. The zero-order valence-electron chi connectivity index (χ0n) is 11.0. The van der Waals surface area contributed by atoms with Gasteiger partial charge < -0.3 is 15.2 Å². The number of pyridine rings is 1. The van der Waals surface area contributed by atoms with Gasteiger partial charge in [-0.3, -0.25) is 9.78 Å². The van der Waals surface area contributed by atoms with E-state index in [-0.39, 0.29) is 24.0 Å². The number of amides is 1. The standard InChI is InChI=1S/C14H15BrN2O3/c1-2-6-20-8-12(18)17-11-7-16-10-5-3-4-9(15)13(10)14(11)19/h3-5,7H,2,6,8H2,1H3,(H,16,19)(H,17,18). The van der Waals surface area contributed by atoms with Crippen LogP contribution in [0.25, 0.3) is 10.9 Å². The molecule has 0 spiro atoms. The molecule has 2 rings (SSSR count). The van der Waals surface area contributed by atoms with E-state index in [1.54, 1.807) is 12.1 Å². The van der Waals surface area contributed by atoms with Crippen molar-refractivity contribution in [1.29, 1.82) is 0 Å². The first-order chi connectivity index (χ1) is 9.63. The summed E-state index contributed by atoms with van der Waals surface area (Å²) in [5.74, 6) is -0.326. The predicted octanol–water partition coefficient (Wildman–Crippen LogP) is 3.07. The third kappa shape index (κ3) is 3.26. The summed E-state index contributed by atoms with van der Waals surface area (Å²) in [6.07, 6.45) is 2.28. The Bertz CT molecular complexity index is 631. The average Bonchev–Trinajstić information content (AvgIpc) is 2.42. The summed E-state index contributed by atoms with van der Waals surface area (Å²) in [6, 6.07) is 5.42. The molecule has 1 aromatic carbocycles. The van der Waals surface area contributed by atoms with Gasteiger partial charge in [-0.1, -0.05) is 13.0 Å². The molecule has 2 N–H and O–H groups in total. The fraction of sp³-hybridized carbons (Fsp3) is 0.286. The molecule has 0 unspecified atom stereocenters. The van der Waals surface area contributed by atoms with E-state index < -0.39 is 0 Å². The molecule has 0 radical (unpaired) electrons. The van der Waals surface area contributed by atoms with Gasteiger partial charge in [-0.25, -0.2) is 0 Å². The van der Waals surface area contributed by atoms with Gasteiger partial charge in [-0.05, 0) is 34.5 Å². The van der Waals surface area contributed by atoms with E-state index in [2.05, 4.69) is 26.2 Å². The number of nitrogens with one attached hydrogen (secondary N) is 1. The molecule has 0 fully saturated rings. The summed E-state index contributed by atoms with van der Waals surface area (Å²) in [7, 11) is 0. The molecule has 0 saturated heterocycles. The molecule has 6 heteroatoms. The van der Waals surface area contributed by atoms with E-state index in [4.69, 9.17) is 4.74 Å². The maximum absolute atomic E-state index is 11.7. The van der Waals surface area contributed by atoms with Crippen LogP contribution in [0.4, 0.5) is 5.69 Å². The predicted molar refractivity (Wildman–Crippen MR) is 80.8 cm³/mol. The minimum Gasteiger partial charge on any atom is -0.505 e. The quantitative estimate of drug-likeness (QED) is 0.822. The van der Waals surface area contributed by atoms with Crippen molar-refractivity contribution in [3.8, 4) is 5.75 Å². The number of hydrogen-bond acceptors (Lipinski definition) is 4. The third-order valence-corrected chi connectivity index (χ3v) is 3.33. The Morgan fingerprint density at radius 1 is 1.50 bits per heavy atom. The number of aromatic nitrogens is 1. The molecule has 1 heterocycles. The van der Waals surface area contributed by atoms with Crippen LogP contribution in [0.15, 0.2) is 28.9 Å². The van der Waals surface area contributed by atoms with Crippen molar-refractivity contribution >= 4 is 38.4 Å². The number of anilines is 1. The van der Waals surface area contributed by atoms with Crippen LogP contribution >= 0.6 is 15.9 Å². The fourth-order valence-corrected chi connectivity index (χ4v) is 2.32. The number of fused-ring (bicyclic) bond motifs is 1. The van der Waals surface area contributed by atoms with Crippen LogP contribution in [0, 0.1) is 0 Å². The minimum atomic E-state index is -0.318. The number of nitrogens with zero attached hydrogens (tertiary/aromatic N) is 1. The first-order valence-corrected chi connectivity index (χ1v) is 7.06. The molecule has 0 saturated carbocycles. The Morgan fingerprint density at radius 3 is 3.05 bits per heavy atom. The maximum atomic E-state index is 11.7. The van der Waals surface area contributed by atoms with Crippen LogP contribution < -0.4 is 5.32 Å². The van der Waals surface area contributed by atoms with Gasteiger partial charge in [0, 0.05) is 11.1 Å². The van der Waals surface area contributed by atoms with Crippen LogP contribution in [-0.2, 0) is 9.53 Å². The van der Waals surface area contributed by atoms with Gasteiger partial charge in [0.1, 0.15) is 12.3 Å². The van der Waals surface area contributed by atoms with Gasteiger partial charge in [0.2, 0.25) is 0 Å². The number of carbonyl (C=O) groups excluding carboxylic acids is 1. The van der Waals surface area contributed by atoms with Crippen molar-refractivity contribution < 1.29 is 14.6 Å². The van der Waals surface area contributed by atoms with E-state index >= 15 is 0 Å². The summed E-state index contributed by atoms with van der Waals surface area (Å²) in [6.45, 7) is 2.46. The molecule has 0 aliphatic rings. The lowest BCUT2D eigenvalue weighted by atomic mass is 10.2. The van der Waals surface area contributed by atoms with Crippen molar-refractivity contribution in [2.24, 2.45) is 0 Å². The van der Waals surface area contributed by atoms with Crippen LogP contribution in [0.1, 0.15) is 13.3 Å². The Morgan fingerprint density at radius 2 is 2.30 bits per heavy atom. The second-order valence-electron chi connectivity index (χ2n) is 4.26. The normalized spacial score (nSPS) is 10.7. The van der Waals surface area contributed by atoms with Crippen LogP contribution in [-0.4, -0.2) is 29.2 Å². The Hall–Kier alpha value is -1.66. The first kappa shape index (κ1) is 14.7. The van der Waals surface area contributed by atoms with Crippen molar-refractivity contribution in [3.63, 3.8) is 0 Å². The molecule has 0 aliphatic carbocycles. The lowest BCUT2D eigenvalue weighted by molar-refractivity contribution is -0.120. The van der Waals surface area contributed by atoms with Gasteiger partial charge in [0.25, 0.3) is 5.91 Å². The average molecular weight is 339 g/mol. The number of benzene rings is 1. The molecule has 106 valence electrons. The maximum Gasteiger partial charge on any atom is 0.250 e. The highest BCUT2D eigenvalue weighted by atomic mass is 79.9. The minimum absolute atomic E-state index is 0.00804. The number of halogens is 1. The van der Waals surface area contributed by atoms with Crippen molar-refractivity contribution in [3.05, 3.63) is 28.9 Å². The second-order valence-corrected chi connectivity index (χ2v) is 5.11. The van der Waals surface area contributed by atoms with Crippen LogP contribution in [0.5, 0.6) is 5.75 Å². The van der Waals surface area contributed by atoms with E-state index in [0.29, 0.717) is 17.5 Å². The summed E-state index contributed by atoms with van der Waals surface area (Å²) in [4.78, 5) is 15.9.